The normalized spacial score (nSPS) is 10.8. The maximum absolute atomic E-state index is 11.0. The van der Waals surface area contributed by atoms with Crippen molar-refractivity contribution in [2.45, 2.75) is 26.2 Å². The number of unbranched alkanes of at least 4 members (excludes halogenated alkanes) is 1. The van der Waals surface area contributed by atoms with Gasteiger partial charge in [0.15, 0.2) is 0 Å². The van der Waals surface area contributed by atoms with Crippen molar-refractivity contribution in [2.75, 3.05) is 6.61 Å². The van der Waals surface area contributed by atoms with Crippen LogP contribution in [-0.2, 0) is 16.0 Å². The Morgan fingerprint density at radius 3 is 2.56 bits per heavy atom. The molecule has 0 amide bonds. The van der Waals surface area contributed by atoms with Gasteiger partial charge in [0.05, 0.1) is 12.3 Å². The van der Waals surface area contributed by atoms with Crippen molar-refractivity contribution < 1.29 is 9.53 Å². The van der Waals surface area contributed by atoms with E-state index in [0.29, 0.717) is 6.61 Å². The summed E-state index contributed by atoms with van der Waals surface area (Å²) in [6.07, 6.45) is 3.79. The Labute approximate surface area is 146 Å². The maximum Gasteiger partial charge on any atom is 0.330 e. The molecule has 0 N–H and O–H groups in total. The number of fused-ring (bicyclic) bond motifs is 1. The third-order valence-electron chi connectivity index (χ3n) is 3.99. The second-order valence-electron chi connectivity index (χ2n) is 5.94. The van der Waals surface area contributed by atoms with E-state index in [-0.39, 0.29) is 5.97 Å². The van der Waals surface area contributed by atoms with Crippen LogP contribution in [0.2, 0.25) is 0 Å². The topological polar surface area (TPSA) is 57.0 Å². The second kappa shape index (κ2) is 7.75. The van der Waals surface area contributed by atoms with Crippen molar-refractivity contribution in [3.63, 3.8) is 0 Å². The van der Waals surface area contributed by atoms with Gasteiger partial charge in [-0.2, -0.15) is 4.80 Å². The first-order valence-electron chi connectivity index (χ1n) is 8.38. The average molecular weight is 335 g/mol. The Morgan fingerprint density at radius 1 is 1.16 bits per heavy atom. The Morgan fingerprint density at radius 2 is 1.88 bits per heavy atom. The van der Waals surface area contributed by atoms with Crippen molar-refractivity contribution >= 4 is 17.0 Å². The van der Waals surface area contributed by atoms with Crippen LogP contribution < -0.4 is 0 Å². The van der Waals surface area contributed by atoms with E-state index in [1.165, 1.54) is 17.2 Å². The highest BCUT2D eigenvalue weighted by atomic mass is 16.5. The fraction of sp³-hybridized carbons (Fsp3) is 0.250. The fourth-order valence-corrected chi connectivity index (χ4v) is 2.69. The van der Waals surface area contributed by atoms with Crippen molar-refractivity contribution in [3.8, 4) is 5.69 Å². The number of aromatic nitrogens is 3. The van der Waals surface area contributed by atoms with Gasteiger partial charge in [0, 0.05) is 6.08 Å². The number of aryl methyl sites for hydroxylation is 2. The molecule has 0 bridgehead atoms. The number of hydrogen-bond acceptors (Lipinski definition) is 4. The standard InChI is InChI=1S/C20H21N3O2/c1-3-20(24)25-13-7-6-8-16-12-11-15(2)14-19(16)23-21-17-9-4-5-10-18(17)22-23/h3-5,9-12,14H,1,6-8,13H2,2H3. The first-order valence-corrected chi connectivity index (χ1v) is 8.38. The summed E-state index contributed by atoms with van der Waals surface area (Å²) in [6, 6.07) is 14.2. The van der Waals surface area contributed by atoms with Crippen LogP contribution in [0.5, 0.6) is 0 Å². The number of hydrogen-bond donors (Lipinski definition) is 0. The third-order valence-corrected chi connectivity index (χ3v) is 3.99. The first-order chi connectivity index (χ1) is 12.2. The number of nitrogens with zero attached hydrogens (tertiary/aromatic N) is 3. The number of ether oxygens (including phenoxy) is 1. The zero-order valence-electron chi connectivity index (χ0n) is 14.3. The molecule has 0 aliphatic heterocycles. The van der Waals surface area contributed by atoms with E-state index in [2.05, 4.69) is 41.9 Å². The lowest BCUT2D eigenvalue weighted by atomic mass is 10.0. The molecule has 1 aromatic heterocycles. The molecule has 0 saturated heterocycles. The van der Waals surface area contributed by atoms with E-state index < -0.39 is 0 Å². The molecule has 2 aromatic carbocycles. The number of rotatable bonds is 7. The van der Waals surface area contributed by atoms with Gasteiger partial charge in [-0.3, -0.25) is 0 Å². The lowest BCUT2D eigenvalue weighted by Crippen LogP contribution is -2.05. The summed E-state index contributed by atoms with van der Waals surface area (Å²) >= 11 is 0. The Kier molecular flexibility index (Phi) is 5.23. The molecule has 0 atom stereocenters. The van der Waals surface area contributed by atoms with Crippen LogP contribution in [-0.4, -0.2) is 27.6 Å². The SMILES string of the molecule is C=CC(=O)OCCCCc1ccc(C)cc1-n1nc2ccccc2n1. The number of esters is 1. The van der Waals surface area contributed by atoms with E-state index >= 15 is 0 Å². The van der Waals surface area contributed by atoms with Crippen LogP contribution in [0.15, 0.2) is 55.1 Å². The minimum atomic E-state index is -0.372. The summed E-state index contributed by atoms with van der Waals surface area (Å²) in [7, 11) is 0. The summed E-state index contributed by atoms with van der Waals surface area (Å²) in [6.45, 7) is 5.86. The molecule has 3 rings (SSSR count). The summed E-state index contributed by atoms with van der Waals surface area (Å²) in [4.78, 5) is 12.8. The highest BCUT2D eigenvalue weighted by Gasteiger charge is 2.09. The Bertz CT molecular complexity index is 866. The summed E-state index contributed by atoms with van der Waals surface area (Å²) in [5.74, 6) is -0.372. The van der Waals surface area contributed by atoms with Gasteiger partial charge in [-0.15, -0.1) is 10.2 Å². The lowest BCUT2D eigenvalue weighted by Gasteiger charge is -2.10. The molecule has 0 aliphatic rings. The van der Waals surface area contributed by atoms with E-state index in [1.807, 2.05) is 24.3 Å². The molecule has 0 radical (unpaired) electrons. The second-order valence-corrected chi connectivity index (χ2v) is 5.94. The zero-order chi connectivity index (χ0) is 17.6. The predicted octanol–water partition coefficient (Wildman–Crippen LogP) is 3.78. The first kappa shape index (κ1) is 16.9. The molecule has 25 heavy (non-hydrogen) atoms. The fourth-order valence-electron chi connectivity index (χ4n) is 2.69. The number of benzene rings is 2. The summed E-state index contributed by atoms with van der Waals surface area (Å²) in [5, 5.41) is 9.18. The van der Waals surface area contributed by atoms with Crippen LogP contribution in [0.1, 0.15) is 24.0 Å². The minimum Gasteiger partial charge on any atom is -0.463 e. The van der Waals surface area contributed by atoms with Crippen LogP contribution in [0.3, 0.4) is 0 Å². The van der Waals surface area contributed by atoms with Crippen LogP contribution >= 0.6 is 0 Å². The highest BCUT2D eigenvalue weighted by molar-refractivity contribution is 5.81. The van der Waals surface area contributed by atoms with Crippen LogP contribution in [0, 0.1) is 6.92 Å². The molecule has 0 spiro atoms. The van der Waals surface area contributed by atoms with Gasteiger partial charge >= 0.3 is 5.97 Å². The zero-order valence-corrected chi connectivity index (χ0v) is 14.3. The van der Waals surface area contributed by atoms with Gasteiger partial charge in [0.1, 0.15) is 11.0 Å². The molecule has 0 aliphatic carbocycles. The molecular formula is C20H21N3O2. The van der Waals surface area contributed by atoms with Gasteiger partial charge in [0.25, 0.3) is 0 Å². The minimum absolute atomic E-state index is 0.372. The molecule has 0 fully saturated rings. The largest absolute Gasteiger partial charge is 0.463 e. The molecule has 0 unspecified atom stereocenters. The van der Waals surface area contributed by atoms with Crippen molar-refractivity contribution in [1.82, 2.24) is 15.0 Å². The molecule has 5 heteroatoms. The van der Waals surface area contributed by atoms with Gasteiger partial charge in [0.2, 0.25) is 0 Å². The molecule has 0 saturated carbocycles. The third kappa shape index (κ3) is 4.12. The van der Waals surface area contributed by atoms with E-state index in [1.54, 1.807) is 4.80 Å². The highest BCUT2D eigenvalue weighted by Crippen LogP contribution is 2.19. The van der Waals surface area contributed by atoms with E-state index in [0.717, 1.165) is 36.0 Å². The predicted molar refractivity (Wildman–Crippen MR) is 97.7 cm³/mol. The van der Waals surface area contributed by atoms with Crippen molar-refractivity contribution in [1.29, 1.82) is 0 Å². The van der Waals surface area contributed by atoms with E-state index in [9.17, 15) is 4.79 Å². The smallest absolute Gasteiger partial charge is 0.330 e. The molecular weight excluding hydrogens is 314 g/mol. The van der Waals surface area contributed by atoms with Crippen LogP contribution in [0.4, 0.5) is 0 Å². The average Bonchev–Trinajstić information content (AvgIpc) is 3.06. The number of carbonyl (C=O) groups is 1. The monoisotopic (exact) mass is 335 g/mol. The van der Waals surface area contributed by atoms with Crippen molar-refractivity contribution in [3.05, 3.63) is 66.2 Å². The van der Waals surface area contributed by atoms with Gasteiger partial charge in [-0.1, -0.05) is 30.8 Å². The summed E-state index contributed by atoms with van der Waals surface area (Å²) < 4.78 is 5.02. The molecule has 3 aromatic rings. The van der Waals surface area contributed by atoms with Gasteiger partial charge in [-0.25, -0.2) is 4.79 Å². The molecule has 128 valence electrons. The maximum atomic E-state index is 11.0. The van der Waals surface area contributed by atoms with Gasteiger partial charge < -0.3 is 4.74 Å². The molecule has 1 heterocycles. The van der Waals surface area contributed by atoms with E-state index in [4.69, 9.17) is 4.74 Å². The van der Waals surface area contributed by atoms with Crippen LogP contribution in [0.25, 0.3) is 16.7 Å². The van der Waals surface area contributed by atoms with Gasteiger partial charge in [-0.05, 0) is 55.5 Å². The van der Waals surface area contributed by atoms with Crippen molar-refractivity contribution in [2.24, 2.45) is 0 Å². The Balaban J connectivity index is 1.74. The molecule has 5 nitrogen and oxygen atoms in total. The summed E-state index contributed by atoms with van der Waals surface area (Å²) in [5.41, 5.74) is 5.11. The Hall–Kier alpha value is -2.95. The lowest BCUT2D eigenvalue weighted by molar-refractivity contribution is -0.137. The number of carbonyl (C=O) groups excluding carboxylic acids is 1. The quantitative estimate of drug-likeness (QED) is 0.374.